The van der Waals surface area contributed by atoms with Crippen molar-refractivity contribution in [2.24, 2.45) is 0 Å². The van der Waals surface area contributed by atoms with Gasteiger partial charge in [-0.3, -0.25) is 4.79 Å². The fourth-order valence-electron chi connectivity index (χ4n) is 10.6. The van der Waals surface area contributed by atoms with Crippen LogP contribution in [-0.2, 0) is 68.3 Å². The predicted octanol–water partition coefficient (Wildman–Crippen LogP) is 1.14. The third-order valence-corrected chi connectivity index (χ3v) is 16.6. The number of benzene rings is 2. The van der Waals surface area contributed by atoms with Crippen LogP contribution in [0, 0.1) is 0 Å². The summed E-state index contributed by atoms with van der Waals surface area (Å²) in [5.41, 5.74) is 4.00. The number of allylic oxidation sites excluding steroid dienone is 6. The van der Waals surface area contributed by atoms with Gasteiger partial charge in [0.2, 0.25) is 11.6 Å². The van der Waals surface area contributed by atoms with E-state index in [0.717, 1.165) is 73.2 Å². The Morgan fingerprint density at radius 3 is 2.07 bits per heavy atom. The van der Waals surface area contributed by atoms with Crippen LogP contribution in [0.2, 0.25) is 0 Å². The molecule has 4 heterocycles. The van der Waals surface area contributed by atoms with Gasteiger partial charge < -0.3 is 33.3 Å². The van der Waals surface area contributed by atoms with Gasteiger partial charge in [0.05, 0.1) is 50.7 Å². The fraction of sp³-hybridized carbons (Fsp3) is 0.592. The molecule has 1 amide bonds. The van der Waals surface area contributed by atoms with Gasteiger partial charge in [-0.15, -0.1) is 11.6 Å². The summed E-state index contributed by atoms with van der Waals surface area (Å²) < 4.78 is 124. The third-order valence-electron chi connectivity index (χ3n) is 13.7. The molecular weight excluding hydrogens is 1000 g/mol. The summed E-state index contributed by atoms with van der Waals surface area (Å²) in [5.74, 6) is 0.0528. The summed E-state index contributed by atoms with van der Waals surface area (Å²) in [6.07, 6.45) is 20.1. The van der Waals surface area contributed by atoms with Crippen molar-refractivity contribution in [1.82, 2.24) is 5.32 Å². The van der Waals surface area contributed by atoms with Gasteiger partial charge in [-0.05, 0) is 95.4 Å². The Balaban J connectivity index is 0.00000533. The number of hydrogen-bond acceptors (Lipinski definition) is 13. The second kappa shape index (κ2) is 27.4. The van der Waals surface area contributed by atoms with Crippen LogP contribution in [0.4, 0.5) is 11.4 Å². The van der Waals surface area contributed by atoms with Crippen LogP contribution >= 0.6 is 11.6 Å². The largest absolute Gasteiger partial charge is 1.00 e. The number of nitrogens with zero attached hydrogens (tertiary/aromatic N) is 2. The number of ether oxygens (including phenoxy) is 2. The molecule has 0 fully saturated rings. The number of alkyl halides is 1. The second-order valence-corrected chi connectivity index (χ2v) is 23.2. The van der Waals surface area contributed by atoms with Gasteiger partial charge in [0.1, 0.15) is 26.8 Å². The van der Waals surface area contributed by atoms with Crippen molar-refractivity contribution in [2.45, 2.75) is 137 Å². The summed E-state index contributed by atoms with van der Waals surface area (Å²) in [7, 11) is -14.2. The summed E-state index contributed by atoms with van der Waals surface area (Å²) in [4.78, 5) is 14.2. The normalized spacial score (nSPS) is 20.3. The van der Waals surface area contributed by atoms with Crippen molar-refractivity contribution >= 4 is 64.9 Å². The van der Waals surface area contributed by atoms with E-state index in [4.69, 9.17) is 21.1 Å². The maximum atomic E-state index is 12.9. The molecule has 70 heavy (non-hydrogen) atoms. The smallest absolute Gasteiger partial charge is 0.748 e. The Morgan fingerprint density at radius 1 is 0.743 bits per heavy atom. The quantitative estimate of drug-likeness (QED) is 0.0316. The molecule has 0 saturated heterocycles. The molecule has 1 N–H and O–H groups in total. The maximum absolute atomic E-state index is 12.9. The molecule has 2 aromatic rings. The zero-order valence-corrected chi connectivity index (χ0v) is 48.5. The van der Waals surface area contributed by atoms with Gasteiger partial charge in [0.15, 0.2) is 5.71 Å². The van der Waals surface area contributed by atoms with Crippen LogP contribution in [0.25, 0.3) is 0 Å². The van der Waals surface area contributed by atoms with Crippen LogP contribution in [-0.4, -0.2) is 113 Å². The van der Waals surface area contributed by atoms with Crippen molar-refractivity contribution in [1.29, 1.82) is 0 Å². The number of unbranched alkanes of at least 4 members (excludes halogenated alkanes) is 6. The molecule has 0 radical (unpaired) electrons. The number of halogens is 1. The Morgan fingerprint density at radius 2 is 1.37 bits per heavy atom. The zero-order valence-electron chi connectivity index (χ0n) is 41.3. The van der Waals surface area contributed by atoms with Gasteiger partial charge in [-0.1, -0.05) is 62.5 Å². The first-order valence-electron chi connectivity index (χ1n) is 24.0. The minimum absolute atomic E-state index is 0. The number of carbonyl (C=O) groups excluding carboxylic acids is 1. The molecule has 15 nitrogen and oxygen atoms in total. The number of anilines is 1. The second-order valence-electron chi connectivity index (χ2n) is 18.6. The van der Waals surface area contributed by atoms with E-state index in [0.29, 0.717) is 114 Å². The van der Waals surface area contributed by atoms with E-state index in [1.807, 2.05) is 49.1 Å². The zero-order chi connectivity index (χ0) is 49.2. The van der Waals surface area contributed by atoms with E-state index in [2.05, 4.69) is 9.89 Å². The van der Waals surface area contributed by atoms with E-state index in [1.54, 1.807) is 12.1 Å². The van der Waals surface area contributed by atoms with Gasteiger partial charge in [-0.2, -0.15) is 4.58 Å². The molecule has 2 unspecified atom stereocenters. The van der Waals surface area contributed by atoms with Crippen LogP contribution < -0.4 is 69.3 Å². The summed E-state index contributed by atoms with van der Waals surface area (Å²) in [6.45, 7) is 7.47. The van der Waals surface area contributed by atoms with Crippen LogP contribution in [0.15, 0.2) is 70.1 Å². The summed E-state index contributed by atoms with van der Waals surface area (Å²) >= 11 is 5.71. The van der Waals surface area contributed by atoms with Crippen molar-refractivity contribution in [3.05, 3.63) is 82.6 Å². The summed E-state index contributed by atoms with van der Waals surface area (Å²) in [5, 5.41) is 2.90. The third kappa shape index (κ3) is 15.3. The first-order chi connectivity index (χ1) is 32.3. The first kappa shape index (κ1) is 61.1. The van der Waals surface area contributed by atoms with Gasteiger partial charge in [-0.25, -0.2) is 25.3 Å². The molecule has 4 aliphatic heterocycles. The number of amides is 1. The van der Waals surface area contributed by atoms with Gasteiger partial charge >= 0.3 is 59.1 Å². The first-order valence-corrected chi connectivity index (χ1v) is 28.9. The van der Waals surface area contributed by atoms with E-state index >= 15 is 0 Å². The average molecular weight is 1070 g/mol. The molecule has 0 aliphatic carbocycles. The van der Waals surface area contributed by atoms with Gasteiger partial charge in [0.25, 0.3) is 0 Å². The molecule has 0 aromatic heterocycles. The Kier molecular flexibility index (Phi) is 23.9. The molecular formula is C49H66ClN3Na2O12S3. The molecule has 4 aliphatic rings. The molecule has 0 saturated carbocycles. The maximum Gasteiger partial charge on any atom is 1.00 e. The van der Waals surface area contributed by atoms with Crippen LogP contribution in [0.1, 0.15) is 126 Å². The standard InChI is InChI=1S/C49H68ClN3O12S3.2Na/c1-48(26-10-6-9-21-43(54)51-29-33-65-35-34-64-32-13-4-3-12-28-50)41(52-30-15-17-37-22-24-39(67(58,59)60)44(48)46(37)52)19-7-5-8-20-42-49(2,27-11-14-36-66(55,56)57)45-40(68(61,62)63)25-23-38-18-16-31-53(42)47(38)45;;/h5,7-8,19-20,22-25H,3-4,6,9-18,21,26-36H2,1-2H3,(H3-,51,54,55,56,57,58,59,60,61,62,63);;/q;2*+1/p-2. The van der Waals surface area contributed by atoms with E-state index in [9.17, 15) is 43.7 Å². The molecule has 0 spiro atoms. The molecule has 2 aromatic carbocycles. The van der Waals surface area contributed by atoms with E-state index < -0.39 is 46.9 Å². The molecule has 376 valence electrons. The monoisotopic (exact) mass is 1070 g/mol. The molecule has 0 bridgehead atoms. The van der Waals surface area contributed by atoms with E-state index in [1.165, 1.54) is 12.1 Å². The number of carbonyl (C=O) groups is 1. The number of nitrogens with one attached hydrogen (secondary N) is 1. The molecule has 2 atom stereocenters. The van der Waals surface area contributed by atoms with Crippen molar-refractivity contribution in [3.63, 3.8) is 0 Å². The summed E-state index contributed by atoms with van der Waals surface area (Å²) in [6, 6.07) is 6.24. The molecule has 21 heteroatoms. The predicted molar refractivity (Wildman–Crippen MR) is 259 cm³/mol. The Hall–Kier alpha value is -1.46. The minimum atomic E-state index is -4.89. The molecule has 6 rings (SSSR count). The minimum Gasteiger partial charge on any atom is -0.748 e. The van der Waals surface area contributed by atoms with Crippen LogP contribution in [0.3, 0.4) is 0 Å². The number of aryl methyl sites for hydroxylation is 2. The van der Waals surface area contributed by atoms with Crippen molar-refractivity contribution in [2.75, 3.05) is 62.6 Å². The Labute approximate surface area is 465 Å². The van der Waals surface area contributed by atoms with Crippen LogP contribution in [0.5, 0.6) is 0 Å². The Bertz CT molecular complexity index is 2630. The van der Waals surface area contributed by atoms with Crippen molar-refractivity contribution < 1.29 is 117 Å². The fourth-order valence-corrected chi connectivity index (χ4v) is 12.9. The number of hydrogen-bond donors (Lipinski definition) is 1. The number of rotatable bonds is 28. The topological polar surface area (TPSA) is 225 Å². The van der Waals surface area contributed by atoms with E-state index in [-0.39, 0.29) is 87.7 Å². The SMILES string of the molecule is CC1(CCCCS(=O)(=O)[O-])C(=CC=CC=CC2=[N+]3CCCc4ccc(S(=O)(=O)[O-])c(c43)C2(C)CCCCCC(=O)NCCOCCOCCCCCCCl)N2CCCc3ccc(S(=O)(=O)[O-])c1c32.[Na+].[Na+]. The van der Waals surface area contributed by atoms with Crippen molar-refractivity contribution in [3.8, 4) is 0 Å². The van der Waals surface area contributed by atoms with Gasteiger partial charge in [0, 0.05) is 78.2 Å². The average Bonchev–Trinajstić information content (AvgIpc) is 3.67.